The van der Waals surface area contributed by atoms with Gasteiger partial charge in [0.25, 0.3) is 0 Å². The first-order valence-corrected chi connectivity index (χ1v) is 15.0. The summed E-state index contributed by atoms with van der Waals surface area (Å²) in [7, 11) is 0. The Kier molecular flexibility index (Phi) is 6.89. The normalized spacial score (nSPS) is 22.5. The summed E-state index contributed by atoms with van der Waals surface area (Å²) in [5, 5.41) is 9.63. The summed E-state index contributed by atoms with van der Waals surface area (Å²) >= 11 is 3.87. The fourth-order valence-electron chi connectivity index (χ4n) is 6.10. The van der Waals surface area contributed by atoms with E-state index in [4.69, 9.17) is 5.41 Å². The predicted molar refractivity (Wildman–Crippen MR) is 156 cm³/mol. The smallest absolute Gasteiger partial charge is 0.0697 e. The van der Waals surface area contributed by atoms with Crippen LogP contribution in [0.1, 0.15) is 44.2 Å². The Bertz CT molecular complexity index is 1240. The van der Waals surface area contributed by atoms with Gasteiger partial charge in [-0.15, -0.1) is 11.8 Å². The van der Waals surface area contributed by atoms with Gasteiger partial charge in [-0.25, -0.2) is 4.31 Å². The van der Waals surface area contributed by atoms with Crippen molar-refractivity contribution in [3.63, 3.8) is 0 Å². The second kappa shape index (κ2) is 10.3. The molecule has 3 nitrogen and oxygen atoms in total. The van der Waals surface area contributed by atoms with Crippen LogP contribution in [0.2, 0.25) is 0 Å². The van der Waals surface area contributed by atoms with E-state index in [1.54, 1.807) is 0 Å². The summed E-state index contributed by atoms with van der Waals surface area (Å²) < 4.78 is 2.52. The summed E-state index contributed by atoms with van der Waals surface area (Å²) in [5.41, 5.74) is 6.64. The largest absolute Gasteiger partial charge is 0.371 e. The maximum atomic E-state index is 8.99. The van der Waals surface area contributed by atoms with Crippen LogP contribution in [0.4, 0.5) is 5.69 Å². The minimum Gasteiger partial charge on any atom is -0.371 e. The maximum Gasteiger partial charge on any atom is 0.0697 e. The third-order valence-corrected chi connectivity index (χ3v) is 10.1. The minimum absolute atomic E-state index is 0.637. The maximum absolute atomic E-state index is 8.99. The molecule has 2 heterocycles. The average Bonchev–Trinajstić information content (AvgIpc) is 3.15. The summed E-state index contributed by atoms with van der Waals surface area (Å²) in [4.78, 5) is 5.06. The molecule has 0 aromatic heterocycles. The topological polar surface area (TPSA) is 30.3 Å². The van der Waals surface area contributed by atoms with Crippen molar-refractivity contribution in [1.29, 1.82) is 5.41 Å². The van der Waals surface area contributed by atoms with Gasteiger partial charge in [0, 0.05) is 58.0 Å². The summed E-state index contributed by atoms with van der Waals surface area (Å²) in [6, 6.07) is 24.3. The van der Waals surface area contributed by atoms with E-state index in [0.29, 0.717) is 11.0 Å². The molecule has 186 valence electrons. The van der Waals surface area contributed by atoms with Crippen molar-refractivity contribution in [2.75, 3.05) is 31.1 Å². The van der Waals surface area contributed by atoms with Crippen LogP contribution in [0.5, 0.6) is 0 Å². The highest BCUT2D eigenvalue weighted by atomic mass is 32.2. The highest BCUT2D eigenvalue weighted by Crippen LogP contribution is 2.42. The van der Waals surface area contributed by atoms with Gasteiger partial charge in [-0.3, -0.25) is 5.41 Å². The number of hydrogen-bond donors (Lipinski definition) is 1. The molecule has 36 heavy (non-hydrogen) atoms. The first kappa shape index (κ1) is 24.1. The molecule has 2 saturated heterocycles. The molecule has 0 amide bonds. The number of piperidine rings is 2. The zero-order valence-corrected chi connectivity index (χ0v) is 22.9. The third kappa shape index (κ3) is 4.98. The van der Waals surface area contributed by atoms with Crippen LogP contribution in [0, 0.1) is 17.2 Å². The van der Waals surface area contributed by atoms with E-state index in [2.05, 4.69) is 89.8 Å². The lowest BCUT2D eigenvalue weighted by atomic mass is 9.94. The summed E-state index contributed by atoms with van der Waals surface area (Å²) in [5.74, 6) is 1.50. The van der Waals surface area contributed by atoms with Crippen LogP contribution >= 0.6 is 23.7 Å². The molecular formula is C31H35N3S2. The average molecular weight is 514 g/mol. The van der Waals surface area contributed by atoms with E-state index in [9.17, 15) is 0 Å². The highest BCUT2D eigenvalue weighted by Gasteiger charge is 2.27. The lowest BCUT2D eigenvalue weighted by Crippen LogP contribution is -2.34. The number of rotatable bonds is 5. The molecule has 3 aromatic carbocycles. The van der Waals surface area contributed by atoms with Crippen molar-refractivity contribution in [3.8, 4) is 11.1 Å². The number of hydrogen-bond acceptors (Lipinski definition) is 5. The van der Waals surface area contributed by atoms with Gasteiger partial charge >= 0.3 is 0 Å². The molecule has 0 saturated carbocycles. The molecule has 6 rings (SSSR count). The Morgan fingerprint density at radius 3 is 2.03 bits per heavy atom. The van der Waals surface area contributed by atoms with Gasteiger partial charge in [-0.05, 0) is 90.6 Å². The minimum atomic E-state index is 0.637. The Balaban J connectivity index is 1.12. The van der Waals surface area contributed by atoms with E-state index >= 15 is 0 Å². The van der Waals surface area contributed by atoms with Gasteiger partial charge in [0.15, 0.2) is 0 Å². The van der Waals surface area contributed by atoms with Crippen LogP contribution < -0.4 is 4.90 Å². The van der Waals surface area contributed by atoms with Crippen molar-refractivity contribution in [1.82, 2.24) is 4.31 Å². The molecule has 0 radical (unpaired) electrons. The van der Waals surface area contributed by atoms with Gasteiger partial charge in [0.2, 0.25) is 0 Å². The van der Waals surface area contributed by atoms with Crippen molar-refractivity contribution >= 4 is 35.1 Å². The number of fused-ring (bicyclic) bond motifs is 3. The van der Waals surface area contributed by atoms with Crippen molar-refractivity contribution in [2.24, 2.45) is 11.8 Å². The van der Waals surface area contributed by atoms with Crippen molar-refractivity contribution < 1.29 is 0 Å². The highest BCUT2D eigenvalue weighted by molar-refractivity contribution is 8.00. The molecule has 3 aromatic rings. The number of para-hydroxylation sites is 1. The second-order valence-electron chi connectivity index (χ2n) is 10.8. The molecule has 0 unspecified atom stereocenters. The second-order valence-corrected chi connectivity index (χ2v) is 13.4. The first-order chi connectivity index (χ1) is 17.5. The Morgan fingerprint density at radius 1 is 0.750 bits per heavy atom. The lowest BCUT2D eigenvalue weighted by molar-refractivity contribution is 0.237. The van der Waals surface area contributed by atoms with E-state index in [1.807, 2.05) is 23.7 Å². The van der Waals surface area contributed by atoms with Crippen LogP contribution in [0.15, 0.2) is 76.5 Å². The predicted octanol–water partition coefficient (Wildman–Crippen LogP) is 7.83. The van der Waals surface area contributed by atoms with E-state index in [0.717, 1.165) is 49.1 Å². The molecule has 3 aliphatic rings. The number of nitrogens with zero attached hydrogens (tertiary/aromatic N) is 2. The van der Waals surface area contributed by atoms with Crippen LogP contribution in [-0.4, -0.2) is 41.4 Å². The summed E-state index contributed by atoms with van der Waals surface area (Å²) in [6.45, 7) is 9.25. The SMILES string of the molecule is C[C@@H]1C[C@H](C)CN(Sc2ccc3c(c2)C(=N)c2cc(SC4CCN(c5ccccc5)CC4)ccc2-3)C1. The Morgan fingerprint density at radius 2 is 1.36 bits per heavy atom. The van der Waals surface area contributed by atoms with Gasteiger partial charge in [-0.1, -0.05) is 44.2 Å². The molecule has 0 bridgehead atoms. The van der Waals surface area contributed by atoms with Crippen molar-refractivity contribution in [3.05, 3.63) is 77.9 Å². The van der Waals surface area contributed by atoms with Gasteiger partial charge in [0.05, 0.1) is 5.71 Å². The molecule has 2 fully saturated rings. The van der Waals surface area contributed by atoms with E-state index in [-0.39, 0.29) is 0 Å². The number of benzene rings is 3. The quantitative estimate of drug-likeness (QED) is 0.276. The zero-order chi connectivity index (χ0) is 24.6. The standard InChI is InChI=1S/C31H35N3S2/c1-21-16-22(2)20-34(19-21)36-26-9-11-28-27-10-8-25(17-29(27)31(32)30(28)18-26)35-24-12-14-33(15-13-24)23-6-4-3-5-7-23/h3-11,17-18,21-22,24,32H,12-16,19-20H2,1-2H3/t21-,22+. The molecule has 2 aliphatic heterocycles. The number of anilines is 1. The molecule has 1 N–H and O–H groups in total. The Hall–Kier alpha value is -2.21. The van der Waals surface area contributed by atoms with Gasteiger partial charge in [-0.2, -0.15) is 0 Å². The first-order valence-electron chi connectivity index (χ1n) is 13.3. The van der Waals surface area contributed by atoms with E-state index in [1.165, 1.54) is 45.9 Å². The van der Waals surface area contributed by atoms with Crippen LogP contribution in [0.25, 0.3) is 11.1 Å². The summed E-state index contributed by atoms with van der Waals surface area (Å²) in [6.07, 6.45) is 3.72. The number of nitrogens with one attached hydrogen (secondary N) is 1. The molecular weight excluding hydrogens is 478 g/mol. The molecule has 2 atom stereocenters. The van der Waals surface area contributed by atoms with Gasteiger partial charge < -0.3 is 4.90 Å². The Labute approximate surface area is 224 Å². The van der Waals surface area contributed by atoms with Crippen molar-refractivity contribution in [2.45, 2.75) is 48.2 Å². The fraction of sp³-hybridized carbons (Fsp3) is 0.387. The molecule has 5 heteroatoms. The molecule has 0 spiro atoms. The lowest BCUT2D eigenvalue weighted by Gasteiger charge is -2.33. The molecule has 1 aliphatic carbocycles. The fourth-order valence-corrected chi connectivity index (χ4v) is 8.52. The van der Waals surface area contributed by atoms with Crippen LogP contribution in [-0.2, 0) is 0 Å². The third-order valence-electron chi connectivity index (χ3n) is 7.75. The number of thioether (sulfide) groups is 1. The van der Waals surface area contributed by atoms with Gasteiger partial charge in [0.1, 0.15) is 0 Å². The van der Waals surface area contributed by atoms with Crippen LogP contribution in [0.3, 0.4) is 0 Å². The monoisotopic (exact) mass is 513 g/mol. The van der Waals surface area contributed by atoms with E-state index < -0.39 is 0 Å². The zero-order valence-electron chi connectivity index (χ0n) is 21.2.